The number of rotatable bonds is 9. The van der Waals surface area contributed by atoms with Gasteiger partial charge in [0.2, 0.25) is 15.9 Å². The predicted molar refractivity (Wildman–Crippen MR) is 136 cm³/mol. The van der Waals surface area contributed by atoms with Crippen LogP contribution >= 0.6 is 0 Å². The number of hydrogen-bond acceptors (Lipinski definition) is 7. The number of carbonyl (C=O) groups excluding carboxylic acids is 2. The minimum Gasteiger partial charge on any atom is -0.489 e. The number of likely N-dealkylation sites (tertiary alicyclic amines) is 1. The Balaban J connectivity index is 1.46. The highest BCUT2D eigenvalue weighted by Crippen LogP contribution is 2.27. The molecule has 0 unspecified atom stereocenters. The predicted octanol–water partition coefficient (Wildman–Crippen LogP) is 2.53. The zero-order valence-electron chi connectivity index (χ0n) is 20.9. The zero-order valence-corrected chi connectivity index (χ0v) is 21.7. The summed E-state index contributed by atoms with van der Waals surface area (Å²) in [7, 11) is -4.15. The number of hydrogen-bond donors (Lipinski definition) is 3. The number of nitrogens with zero attached hydrogens (tertiary/aromatic N) is 2. The third kappa shape index (κ3) is 5.43. The van der Waals surface area contributed by atoms with Gasteiger partial charge < -0.3 is 9.64 Å². The number of amides is 2. The van der Waals surface area contributed by atoms with E-state index in [4.69, 9.17) is 4.74 Å². The van der Waals surface area contributed by atoms with Gasteiger partial charge >= 0.3 is 0 Å². The average molecular weight is 527 g/mol. The molecule has 0 spiro atoms. The van der Waals surface area contributed by atoms with Gasteiger partial charge in [0.1, 0.15) is 17.9 Å². The van der Waals surface area contributed by atoms with E-state index in [1.165, 1.54) is 34.6 Å². The van der Waals surface area contributed by atoms with E-state index in [1.807, 2.05) is 44.2 Å². The second-order valence-corrected chi connectivity index (χ2v) is 11.0. The lowest BCUT2D eigenvalue weighted by Crippen LogP contribution is -2.77. The number of benzene rings is 2. The molecule has 1 aliphatic rings. The molecule has 37 heavy (non-hydrogen) atoms. The molecule has 0 saturated carbocycles. The molecule has 1 aliphatic heterocycles. The van der Waals surface area contributed by atoms with Crippen LogP contribution in [0.25, 0.3) is 10.9 Å². The molecule has 2 aromatic carbocycles. The van der Waals surface area contributed by atoms with Crippen molar-refractivity contribution in [1.82, 2.24) is 20.1 Å². The molecule has 0 radical (unpaired) electrons. The highest BCUT2D eigenvalue weighted by molar-refractivity contribution is 7.89. The first-order valence-electron chi connectivity index (χ1n) is 11.9. The maximum absolute atomic E-state index is 13.1. The smallest absolute Gasteiger partial charge is 0.268 e. The molecule has 3 aromatic rings. The van der Waals surface area contributed by atoms with Crippen molar-refractivity contribution in [3.63, 3.8) is 0 Å². The van der Waals surface area contributed by atoms with E-state index < -0.39 is 21.5 Å². The van der Waals surface area contributed by atoms with Gasteiger partial charge in [-0.05, 0) is 49.7 Å². The number of ether oxygens (including phenoxy) is 1. The Morgan fingerprint density at radius 3 is 2.49 bits per heavy atom. The minimum absolute atomic E-state index is 0.0816. The summed E-state index contributed by atoms with van der Waals surface area (Å²) in [5, 5.41) is 10.2. The van der Waals surface area contributed by atoms with Gasteiger partial charge in [-0.15, -0.1) is 0 Å². The fourth-order valence-corrected chi connectivity index (χ4v) is 5.66. The van der Waals surface area contributed by atoms with Gasteiger partial charge in [-0.2, -0.15) is 4.72 Å². The molecule has 3 N–H and O–H groups in total. The average Bonchev–Trinajstić information content (AvgIpc) is 2.87. The normalized spacial score (nSPS) is 15.6. The van der Waals surface area contributed by atoms with Crippen LogP contribution in [-0.2, 0) is 26.2 Å². The van der Waals surface area contributed by atoms with Crippen molar-refractivity contribution < 1.29 is 28.0 Å². The van der Waals surface area contributed by atoms with Crippen molar-refractivity contribution in [2.45, 2.75) is 44.2 Å². The Hall–Kier alpha value is -3.54. The summed E-state index contributed by atoms with van der Waals surface area (Å²) in [5.41, 5.74) is 2.55. The highest BCUT2D eigenvalue weighted by Gasteiger charge is 2.54. The first kappa shape index (κ1) is 26.5. The van der Waals surface area contributed by atoms with Gasteiger partial charge in [0.05, 0.1) is 23.5 Å². The molecular formula is C26H30N4O6S. The Kier molecular flexibility index (Phi) is 7.49. The van der Waals surface area contributed by atoms with Crippen LogP contribution in [0.2, 0.25) is 0 Å². The lowest BCUT2D eigenvalue weighted by atomic mass is 9.88. The summed E-state index contributed by atoms with van der Waals surface area (Å²) in [5.74, 6) is -0.895. The molecular weight excluding hydrogens is 496 g/mol. The van der Waals surface area contributed by atoms with Gasteiger partial charge in [0, 0.05) is 22.6 Å². The van der Waals surface area contributed by atoms with Gasteiger partial charge in [-0.3, -0.25) is 19.8 Å². The molecule has 1 saturated heterocycles. The van der Waals surface area contributed by atoms with E-state index in [-0.39, 0.29) is 36.4 Å². The SMILES string of the molecule is CC[C@H](C)C(=O)N1CC(NS(=O)(=O)c2ccc(OCc3cc(C)nc4ccccc34)cc2)(C(=O)NO)C1. The molecule has 10 nitrogen and oxygen atoms in total. The largest absolute Gasteiger partial charge is 0.489 e. The molecule has 11 heteroatoms. The monoisotopic (exact) mass is 526 g/mol. The quantitative estimate of drug-likeness (QED) is 0.288. The van der Waals surface area contributed by atoms with Crippen LogP contribution in [0.1, 0.15) is 31.5 Å². The van der Waals surface area contributed by atoms with Crippen molar-refractivity contribution in [1.29, 1.82) is 0 Å². The van der Waals surface area contributed by atoms with E-state index in [0.29, 0.717) is 12.2 Å². The number of hydroxylamine groups is 1. The van der Waals surface area contributed by atoms with Crippen molar-refractivity contribution in [2.24, 2.45) is 5.92 Å². The van der Waals surface area contributed by atoms with Crippen LogP contribution in [0.15, 0.2) is 59.5 Å². The van der Waals surface area contributed by atoms with E-state index in [9.17, 15) is 23.2 Å². The third-order valence-electron chi connectivity index (χ3n) is 6.59. The second-order valence-electron chi connectivity index (χ2n) is 9.33. The van der Waals surface area contributed by atoms with Crippen LogP contribution in [-0.4, -0.2) is 54.0 Å². The first-order chi connectivity index (χ1) is 17.6. The number of aryl methyl sites for hydroxylation is 1. The summed E-state index contributed by atoms with van der Waals surface area (Å²) in [6.07, 6.45) is 0.617. The Labute approximate surface area is 215 Å². The Morgan fingerprint density at radius 1 is 1.16 bits per heavy atom. The van der Waals surface area contributed by atoms with E-state index >= 15 is 0 Å². The number of carbonyl (C=O) groups is 2. The molecule has 196 valence electrons. The minimum atomic E-state index is -4.15. The zero-order chi connectivity index (χ0) is 26.8. The number of aromatic nitrogens is 1. The van der Waals surface area contributed by atoms with E-state index in [1.54, 1.807) is 6.92 Å². The molecule has 2 heterocycles. The van der Waals surface area contributed by atoms with Crippen molar-refractivity contribution in [3.8, 4) is 5.75 Å². The molecule has 1 atom stereocenters. The van der Waals surface area contributed by atoms with Gasteiger partial charge in [0.15, 0.2) is 0 Å². The van der Waals surface area contributed by atoms with E-state index in [2.05, 4.69) is 9.71 Å². The highest BCUT2D eigenvalue weighted by atomic mass is 32.2. The maximum atomic E-state index is 13.1. The Morgan fingerprint density at radius 2 is 1.84 bits per heavy atom. The summed E-state index contributed by atoms with van der Waals surface area (Å²) in [6, 6.07) is 15.5. The lowest BCUT2D eigenvalue weighted by molar-refractivity contribution is -0.153. The Bertz CT molecular complexity index is 1420. The van der Waals surface area contributed by atoms with Gasteiger partial charge in [-0.25, -0.2) is 13.9 Å². The number of nitrogens with one attached hydrogen (secondary N) is 2. The first-order valence-corrected chi connectivity index (χ1v) is 13.4. The molecule has 4 rings (SSSR count). The molecule has 1 aromatic heterocycles. The number of fused-ring (bicyclic) bond motifs is 1. The van der Waals surface area contributed by atoms with E-state index in [0.717, 1.165) is 22.2 Å². The van der Waals surface area contributed by atoms with Crippen LogP contribution < -0.4 is 14.9 Å². The molecule has 1 fully saturated rings. The van der Waals surface area contributed by atoms with Crippen molar-refractivity contribution in [3.05, 3.63) is 65.9 Å². The summed E-state index contributed by atoms with van der Waals surface area (Å²) < 4.78 is 34.4. The van der Waals surface area contributed by atoms with Crippen molar-refractivity contribution in [2.75, 3.05) is 13.1 Å². The van der Waals surface area contributed by atoms with Gasteiger partial charge in [-0.1, -0.05) is 32.0 Å². The van der Waals surface area contributed by atoms with Crippen LogP contribution in [0.5, 0.6) is 5.75 Å². The van der Waals surface area contributed by atoms with Crippen LogP contribution in [0.3, 0.4) is 0 Å². The summed E-state index contributed by atoms with van der Waals surface area (Å²) >= 11 is 0. The molecule has 0 bridgehead atoms. The molecule has 0 aliphatic carbocycles. The maximum Gasteiger partial charge on any atom is 0.268 e. The number of sulfonamides is 1. The third-order valence-corrected chi connectivity index (χ3v) is 8.14. The molecule has 2 amide bonds. The lowest BCUT2D eigenvalue weighted by Gasteiger charge is -2.48. The van der Waals surface area contributed by atoms with Crippen molar-refractivity contribution >= 4 is 32.7 Å². The topological polar surface area (TPSA) is 138 Å². The number of para-hydroxylation sites is 1. The standard InChI is InChI=1S/C26H30N4O6S/c1-4-17(2)24(31)30-15-26(16-30,25(32)28-33)29-37(34,35)21-11-9-20(10-12-21)36-14-19-13-18(3)27-23-8-6-5-7-22(19)23/h5-13,17,29,33H,4,14-16H2,1-3H3,(H,28,32)/t17-/m0/s1. The summed E-state index contributed by atoms with van der Waals surface area (Å²) in [6.45, 7) is 5.46. The fraction of sp³-hybridized carbons (Fsp3) is 0.346. The fourth-order valence-electron chi connectivity index (χ4n) is 4.32. The second kappa shape index (κ2) is 10.4. The van der Waals surface area contributed by atoms with Crippen LogP contribution in [0.4, 0.5) is 0 Å². The van der Waals surface area contributed by atoms with Gasteiger partial charge in [0.25, 0.3) is 5.91 Å². The number of pyridine rings is 1. The summed E-state index contributed by atoms with van der Waals surface area (Å²) in [4.78, 5) is 30.6. The van der Waals surface area contributed by atoms with Crippen LogP contribution in [0, 0.1) is 12.8 Å².